The van der Waals surface area contributed by atoms with Crippen molar-refractivity contribution in [3.05, 3.63) is 35.1 Å². The molecule has 1 unspecified atom stereocenters. The van der Waals surface area contributed by atoms with Gasteiger partial charge in [0.05, 0.1) is 12.6 Å². The van der Waals surface area contributed by atoms with E-state index in [4.69, 9.17) is 26.6 Å². The van der Waals surface area contributed by atoms with E-state index >= 15 is 0 Å². The highest BCUT2D eigenvalue weighted by Gasteiger charge is 2.15. The molecule has 19 heavy (non-hydrogen) atoms. The maximum atomic E-state index is 5.92. The Hall–Kier alpha value is -1.43. The molecule has 102 valence electrons. The van der Waals surface area contributed by atoms with Crippen LogP contribution in [-0.2, 0) is 4.74 Å². The summed E-state index contributed by atoms with van der Waals surface area (Å²) in [5, 5.41) is 4.53. The lowest BCUT2D eigenvalue weighted by molar-refractivity contribution is 0.119. The van der Waals surface area contributed by atoms with Crippen molar-refractivity contribution in [2.75, 3.05) is 13.2 Å². The van der Waals surface area contributed by atoms with Gasteiger partial charge in [-0.25, -0.2) is 0 Å². The van der Waals surface area contributed by atoms with Gasteiger partial charge in [0.15, 0.2) is 5.82 Å². The Kier molecular flexibility index (Phi) is 4.90. The van der Waals surface area contributed by atoms with Crippen LogP contribution in [0.5, 0.6) is 0 Å². The van der Waals surface area contributed by atoms with E-state index in [1.165, 1.54) is 0 Å². The summed E-state index contributed by atoms with van der Waals surface area (Å²) in [6.07, 6.45) is 0.953. The Balaban J connectivity index is 2.04. The SMILES string of the molecule is CCCOCC(N)c1noc(-c2ccc(Cl)cc2)n1. The fourth-order valence-corrected chi connectivity index (χ4v) is 1.65. The van der Waals surface area contributed by atoms with Gasteiger partial charge in [0.25, 0.3) is 5.89 Å². The molecule has 5 nitrogen and oxygen atoms in total. The quantitative estimate of drug-likeness (QED) is 0.824. The van der Waals surface area contributed by atoms with Crippen LogP contribution in [0.15, 0.2) is 28.8 Å². The van der Waals surface area contributed by atoms with E-state index in [2.05, 4.69) is 10.1 Å². The van der Waals surface area contributed by atoms with Crippen molar-refractivity contribution in [1.82, 2.24) is 10.1 Å². The molecule has 0 saturated carbocycles. The third kappa shape index (κ3) is 3.76. The fourth-order valence-electron chi connectivity index (χ4n) is 1.52. The molecule has 1 aromatic heterocycles. The lowest BCUT2D eigenvalue weighted by Gasteiger charge is -2.06. The summed E-state index contributed by atoms with van der Waals surface area (Å²) in [5.74, 6) is 0.874. The molecular formula is C13H16ClN3O2. The molecule has 1 aromatic carbocycles. The van der Waals surface area contributed by atoms with Crippen molar-refractivity contribution in [2.24, 2.45) is 5.73 Å². The Bertz CT molecular complexity index is 513. The van der Waals surface area contributed by atoms with E-state index < -0.39 is 0 Å². The molecule has 6 heteroatoms. The van der Waals surface area contributed by atoms with Crippen LogP contribution < -0.4 is 5.73 Å². The van der Waals surface area contributed by atoms with Gasteiger partial charge in [0.1, 0.15) is 0 Å². The summed E-state index contributed by atoms with van der Waals surface area (Å²) in [5.41, 5.74) is 6.73. The molecule has 1 atom stereocenters. The van der Waals surface area contributed by atoms with Gasteiger partial charge in [-0.2, -0.15) is 4.98 Å². The van der Waals surface area contributed by atoms with E-state index in [9.17, 15) is 0 Å². The maximum absolute atomic E-state index is 5.92. The van der Waals surface area contributed by atoms with Crippen LogP contribution in [0.4, 0.5) is 0 Å². The van der Waals surface area contributed by atoms with E-state index in [1.807, 2.05) is 19.1 Å². The first-order chi connectivity index (χ1) is 9.20. The van der Waals surface area contributed by atoms with Gasteiger partial charge in [-0.3, -0.25) is 0 Å². The Labute approximate surface area is 116 Å². The summed E-state index contributed by atoms with van der Waals surface area (Å²) in [7, 11) is 0. The van der Waals surface area contributed by atoms with Crippen LogP contribution in [0.3, 0.4) is 0 Å². The molecule has 0 aliphatic rings. The highest BCUT2D eigenvalue weighted by atomic mass is 35.5. The van der Waals surface area contributed by atoms with E-state index in [0.717, 1.165) is 12.0 Å². The Morgan fingerprint density at radius 3 is 2.79 bits per heavy atom. The molecule has 0 aliphatic heterocycles. The topological polar surface area (TPSA) is 74.2 Å². The minimum atomic E-state index is -0.378. The summed E-state index contributed by atoms with van der Waals surface area (Å²) in [6.45, 7) is 3.10. The number of aromatic nitrogens is 2. The third-order valence-electron chi connectivity index (χ3n) is 2.51. The molecule has 2 aromatic rings. The van der Waals surface area contributed by atoms with Crippen molar-refractivity contribution in [1.29, 1.82) is 0 Å². The summed E-state index contributed by atoms with van der Waals surface area (Å²) < 4.78 is 10.5. The fraction of sp³-hybridized carbons (Fsp3) is 0.385. The smallest absolute Gasteiger partial charge is 0.257 e. The molecular weight excluding hydrogens is 266 g/mol. The number of nitrogens with two attached hydrogens (primary N) is 1. The van der Waals surface area contributed by atoms with Gasteiger partial charge in [-0.05, 0) is 30.7 Å². The Morgan fingerprint density at radius 1 is 1.37 bits per heavy atom. The lowest BCUT2D eigenvalue weighted by atomic mass is 10.2. The van der Waals surface area contributed by atoms with Crippen molar-refractivity contribution < 1.29 is 9.26 Å². The van der Waals surface area contributed by atoms with Crippen LogP contribution in [0.25, 0.3) is 11.5 Å². The molecule has 0 fully saturated rings. The van der Waals surface area contributed by atoms with Crippen LogP contribution >= 0.6 is 11.6 Å². The van der Waals surface area contributed by atoms with Gasteiger partial charge in [-0.15, -0.1) is 0 Å². The van der Waals surface area contributed by atoms with Gasteiger partial charge in [0, 0.05) is 17.2 Å². The first-order valence-corrected chi connectivity index (χ1v) is 6.51. The number of halogens is 1. The van der Waals surface area contributed by atoms with Gasteiger partial charge < -0.3 is 15.0 Å². The first-order valence-electron chi connectivity index (χ1n) is 6.13. The number of hydrogen-bond donors (Lipinski definition) is 1. The molecule has 0 saturated heterocycles. The number of ether oxygens (including phenoxy) is 1. The zero-order valence-corrected chi connectivity index (χ0v) is 11.4. The second-order valence-corrected chi connectivity index (χ2v) is 4.58. The van der Waals surface area contributed by atoms with Crippen molar-refractivity contribution in [3.8, 4) is 11.5 Å². The molecule has 0 bridgehead atoms. The third-order valence-corrected chi connectivity index (χ3v) is 2.76. The summed E-state index contributed by atoms with van der Waals surface area (Å²) in [4.78, 5) is 4.26. The monoisotopic (exact) mass is 281 g/mol. The largest absolute Gasteiger partial charge is 0.379 e. The number of hydrogen-bond acceptors (Lipinski definition) is 5. The second kappa shape index (κ2) is 6.65. The van der Waals surface area contributed by atoms with Crippen LogP contribution in [0, 0.1) is 0 Å². The van der Waals surface area contributed by atoms with Crippen molar-refractivity contribution in [2.45, 2.75) is 19.4 Å². The standard InChI is InChI=1S/C13H16ClN3O2/c1-2-7-18-8-11(15)12-16-13(19-17-12)9-3-5-10(14)6-4-9/h3-6,11H,2,7-8,15H2,1H3. The second-order valence-electron chi connectivity index (χ2n) is 4.15. The number of nitrogens with zero attached hydrogens (tertiary/aromatic N) is 2. The summed E-state index contributed by atoms with van der Waals surface area (Å²) in [6, 6.07) is 6.80. The Morgan fingerprint density at radius 2 is 2.11 bits per heavy atom. The minimum Gasteiger partial charge on any atom is -0.379 e. The molecule has 1 heterocycles. The molecule has 0 aliphatic carbocycles. The van der Waals surface area contributed by atoms with Crippen LogP contribution in [0.2, 0.25) is 5.02 Å². The lowest BCUT2D eigenvalue weighted by Crippen LogP contribution is -2.18. The molecule has 0 amide bonds. The van der Waals surface area contributed by atoms with Crippen LogP contribution in [-0.4, -0.2) is 23.4 Å². The van der Waals surface area contributed by atoms with Gasteiger partial charge in [-0.1, -0.05) is 23.7 Å². The average molecular weight is 282 g/mol. The average Bonchev–Trinajstić information content (AvgIpc) is 2.89. The number of benzene rings is 1. The molecule has 0 spiro atoms. The number of rotatable bonds is 6. The van der Waals surface area contributed by atoms with Gasteiger partial charge in [0.2, 0.25) is 0 Å². The predicted octanol–water partition coefficient (Wildman–Crippen LogP) is 2.82. The molecule has 2 N–H and O–H groups in total. The van der Waals surface area contributed by atoms with Gasteiger partial charge >= 0.3 is 0 Å². The predicted molar refractivity (Wildman–Crippen MR) is 72.8 cm³/mol. The molecule has 2 rings (SSSR count). The first kappa shape index (κ1) is 14.0. The summed E-state index contributed by atoms with van der Waals surface area (Å²) >= 11 is 5.82. The normalized spacial score (nSPS) is 12.6. The van der Waals surface area contributed by atoms with Crippen molar-refractivity contribution in [3.63, 3.8) is 0 Å². The highest BCUT2D eigenvalue weighted by Crippen LogP contribution is 2.20. The van der Waals surface area contributed by atoms with E-state index in [1.54, 1.807) is 12.1 Å². The van der Waals surface area contributed by atoms with E-state index in [-0.39, 0.29) is 6.04 Å². The highest BCUT2D eigenvalue weighted by molar-refractivity contribution is 6.30. The van der Waals surface area contributed by atoms with Crippen molar-refractivity contribution >= 4 is 11.6 Å². The van der Waals surface area contributed by atoms with Crippen LogP contribution in [0.1, 0.15) is 25.2 Å². The maximum Gasteiger partial charge on any atom is 0.257 e. The van der Waals surface area contributed by atoms with E-state index in [0.29, 0.717) is 30.0 Å². The zero-order chi connectivity index (χ0) is 13.7. The molecule has 0 radical (unpaired) electrons. The minimum absolute atomic E-state index is 0.378. The zero-order valence-electron chi connectivity index (χ0n) is 10.7.